The van der Waals surface area contributed by atoms with Crippen molar-refractivity contribution in [1.29, 1.82) is 0 Å². The summed E-state index contributed by atoms with van der Waals surface area (Å²) < 4.78 is 0. The molecule has 2 nitrogen and oxygen atoms in total. The summed E-state index contributed by atoms with van der Waals surface area (Å²) in [6.45, 7) is 9.99. The van der Waals surface area contributed by atoms with Gasteiger partial charge in [0.05, 0.1) is 0 Å². The van der Waals surface area contributed by atoms with Crippen molar-refractivity contribution in [3.05, 3.63) is 46.5 Å². The zero-order chi connectivity index (χ0) is 15.1. The van der Waals surface area contributed by atoms with Gasteiger partial charge in [0, 0.05) is 11.0 Å². The van der Waals surface area contributed by atoms with Crippen LogP contribution in [0.4, 0.5) is 0 Å². The summed E-state index contributed by atoms with van der Waals surface area (Å²) >= 11 is 0. The van der Waals surface area contributed by atoms with Gasteiger partial charge in [0.15, 0.2) is 5.78 Å². The number of benzene rings is 1. The molecular weight excluding hydrogens is 248 g/mol. The lowest BCUT2D eigenvalue weighted by molar-refractivity contribution is -0.112. The van der Waals surface area contributed by atoms with Crippen molar-refractivity contribution in [2.24, 2.45) is 0 Å². The fraction of sp³-hybridized carbons (Fsp3) is 0.444. The number of aryl methyl sites for hydroxylation is 1. The van der Waals surface area contributed by atoms with E-state index in [1.165, 1.54) is 0 Å². The van der Waals surface area contributed by atoms with Gasteiger partial charge in [-0.05, 0) is 55.4 Å². The van der Waals surface area contributed by atoms with Crippen molar-refractivity contribution in [1.82, 2.24) is 0 Å². The molecule has 0 amide bonds. The van der Waals surface area contributed by atoms with E-state index in [-0.39, 0.29) is 11.2 Å². The lowest BCUT2D eigenvalue weighted by Crippen LogP contribution is -2.25. The number of rotatable bonds is 3. The van der Waals surface area contributed by atoms with Gasteiger partial charge in [-0.3, -0.25) is 4.79 Å². The lowest BCUT2D eigenvalue weighted by Gasteiger charge is -2.22. The first-order valence-corrected chi connectivity index (χ1v) is 7.05. The van der Waals surface area contributed by atoms with Crippen LogP contribution >= 0.6 is 0 Å². The highest BCUT2D eigenvalue weighted by Gasteiger charge is 2.47. The van der Waals surface area contributed by atoms with Gasteiger partial charge in [-0.25, -0.2) is 0 Å². The highest BCUT2D eigenvalue weighted by atomic mass is 16.1. The molecule has 1 atom stereocenters. The van der Waals surface area contributed by atoms with Gasteiger partial charge in [-0.1, -0.05) is 32.1 Å². The number of hydrogen-bond acceptors (Lipinski definition) is 2. The van der Waals surface area contributed by atoms with Crippen molar-refractivity contribution >= 4 is 12.1 Å². The Kier molecular flexibility index (Phi) is 3.45. The van der Waals surface area contributed by atoms with Crippen LogP contribution < -0.4 is 0 Å². The van der Waals surface area contributed by atoms with Crippen LogP contribution in [-0.4, -0.2) is 12.1 Å². The van der Waals surface area contributed by atoms with E-state index in [4.69, 9.17) is 0 Å². The largest absolute Gasteiger partial charge is 0.302 e. The summed E-state index contributed by atoms with van der Waals surface area (Å²) in [6.07, 6.45) is 5.09. The molecule has 106 valence electrons. The van der Waals surface area contributed by atoms with Crippen LogP contribution in [0, 0.1) is 6.92 Å². The van der Waals surface area contributed by atoms with Crippen LogP contribution in [0.1, 0.15) is 61.2 Å². The van der Waals surface area contributed by atoms with E-state index in [0.29, 0.717) is 5.56 Å². The molecule has 2 rings (SSSR count). The standard InChI is InChI=1S/C18H22O2/c1-6-7-14(20)15-12(2)8-9-13-16(15)18(5,11-19)10-17(13,3)4/h6-9,11H,10H2,1-5H3. The summed E-state index contributed by atoms with van der Waals surface area (Å²) in [4.78, 5) is 24.1. The Morgan fingerprint density at radius 3 is 2.45 bits per heavy atom. The third-order valence-electron chi connectivity index (χ3n) is 4.35. The topological polar surface area (TPSA) is 34.1 Å². The van der Waals surface area contributed by atoms with E-state index in [1.54, 1.807) is 12.2 Å². The van der Waals surface area contributed by atoms with Crippen LogP contribution in [0.5, 0.6) is 0 Å². The van der Waals surface area contributed by atoms with Crippen LogP contribution in [0.3, 0.4) is 0 Å². The number of allylic oxidation sites excluding steroid dienone is 2. The molecule has 0 heterocycles. The molecule has 0 bridgehead atoms. The van der Waals surface area contributed by atoms with Crippen molar-refractivity contribution in [2.45, 2.75) is 51.9 Å². The molecule has 0 spiro atoms. The van der Waals surface area contributed by atoms with Crippen molar-refractivity contribution in [3.63, 3.8) is 0 Å². The van der Waals surface area contributed by atoms with Gasteiger partial charge in [0.2, 0.25) is 0 Å². The SMILES string of the molecule is CC=CC(=O)c1c(C)ccc2c1C(C)(C=O)CC2(C)C. The monoisotopic (exact) mass is 270 g/mol. The van der Waals surface area contributed by atoms with E-state index >= 15 is 0 Å². The molecule has 0 N–H and O–H groups in total. The second kappa shape index (κ2) is 4.69. The molecule has 1 aliphatic rings. The summed E-state index contributed by atoms with van der Waals surface area (Å²) in [5.74, 6) is -0.00683. The van der Waals surface area contributed by atoms with Gasteiger partial charge < -0.3 is 4.79 Å². The molecule has 0 radical (unpaired) electrons. The molecule has 1 aromatic carbocycles. The smallest absolute Gasteiger partial charge is 0.186 e. The third-order valence-corrected chi connectivity index (χ3v) is 4.35. The van der Waals surface area contributed by atoms with Gasteiger partial charge in [-0.15, -0.1) is 0 Å². The van der Waals surface area contributed by atoms with Crippen molar-refractivity contribution in [2.75, 3.05) is 0 Å². The Bertz CT molecular complexity index is 608. The molecule has 0 saturated heterocycles. The summed E-state index contributed by atoms with van der Waals surface area (Å²) in [5.41, 5.74) is 3.06. The van der Waals surface area contributed by atoms with Gasteiger partial charge in [0.25, 0.3) is 0 Å². The van der Waals surface area contributed by atoms with E-state index in [9.17, 15) is 9.59 Å². The van der Waals surface area contributed by atoms with E-state index in [0.717, 1.165) is 29.4 Å². The van der Waals surface area contributed by atoms with Gasteiger partial charge in [0.1, 0.15) is 6.29 Å². The molecular formula is C18H22O2. The maximum Gasteiger partial charge on any atom is 0.186 e. The molecule has 2 heteroatoms. The third kappa shape index (κ3) is 2.04. The zero-order valence-corrected chi connectivity index (χ0v) is 12.9. The quantitative estimate of drug-likeness (QED) is 0.474. The molecule has 1 aliphatic carbocycles. The van der Waals surface area contributed by atoms with Crippen LogP contribution in [0.2, 0.25) is 0 Å². The van der Waals surface area contributed by atoms with Gasteiger partial charge in [-0.2, -0.15) is 0 Å². The fourth-order valence-corrected chi connectivity index (χ4v) is 3.62. The zero-order valence-electron chi connectivity index (χ0n) is 12.9. The molecule has 1 aromatic rings. The molecule has 1 unspecified atom stereocenters. The summed E-state index contributed by atoms with van der Waals surface area (Å²) in [7, 11) is 0. The number of fused-ring (bicyclic) bond motifs is 1. The molecule has 0 aromatic heterocycles. The molecule has 0 fully saturated rings. The number of hydrogen-bond donors (Lipinski definition) is 0. The Hall–Kier alpha value is -1.70. The highest BCUT2D eigenvalue weighted by Crippen LogP contribution is 2.50. The van der Waals surface area contributed by atoms with Crippen molar-refractivity contribution in [3.8, 4) is 0 Å². The highest BCUT2D eigenvalue weighted by molar-refractivity contribution is 6.08. The van der Waals surface area contributed by atoms with E-state index < -0.39 is 5.41 Å². The van der Waals surface area contributed by atoms with E-state index in [2.05, 4.69) is 19.9 Å². The fourth-order valence-electron chi connectivity index (χ4n) is 3.62. The number of ketones is 1. The number of carbonyl (C=O) groups excluding carboxylic acids is 2. The van der Waals surface area contributed by atoms with E-state index in [1.807, 2.05) is 26.8 Å². The second-order valence-electron chi connectivity index (χ2n) is 6.64. The normalized spacial score (nSPS) is 23.9. The summed E-state index contributed by atoms with van der Waals surface area (Å²) in [5, 5.41) is 0. The predicted octanol–water partition coefficient (Wildman–Crippen LogP) is 3.89. The first-order valence-electron chi connectivity index (χ1n) is 7.05. The average molecular weight is 270 g/mol. The Morgan fingerprint density at radius 2 is 1.90 bits per heavy atom. The number of aldehydes is 1. The lowest BCUT2D eigenvalue weighted by atomic mass is 9.79. The van der Waals surface area contributed by atoms with Crippen LogP contribution in [-0.2, 0) is 15.6 Å². The predicted molar refractivity (Wildman–Crippen MR) is 81.4 cm³/mol. The minimum absolute atomic E-state index is 0.00683. The Morgan fingerprint density at radius 1 is 1.25 bits per heavy atom. The molecule has 0 aliphatic heterocycles. The minimum Gasteiger partial charge on any atom is -0.302 e. The van der Waals surface area contributed by atoms with Crippen LogP contribution in [0.15, 0.2) is 24.3 Å². The maximum atomic E-state index is 12.4. The maximum absolute atomic E-state index is 12.4. The Balaban J connectivity index is 2.82. The molecule has 20 heavy (non-hydrogen) atoms. The van der Waals surface area contributed by atoms with Crippen LogP contribution in [0.25, 0.3) is 0 Å². The second-order valence-corrected chi connectivity index (χ2v) is 6.64. The summed E-state index contributed by atoms with van der Waals surface area (Å²) in [6, 6.07) is 4.07. The van der Waals surface area contributed by atoms with Gasteiger partial charge >= 0.3 is 0 Å². The Labute approximate surface area is 120 Å². The molecule has 0 saturated carbocycles. The average Bonchev–Trinajstić information content (AvgIpc) is 2.57. The first-order chi connectivity index (χ1) is 9.27. The van der Waals surface area contributed by atoms with Crippen molar-refractivity contribution < 1.29 is 9.59 Å². The minimum atomic E-state index is -0.572. The first kappa shape index (κ1) is 14.7. The number of carbonyl (C=O) groups is 2.